The summed E-state index contributed by atoms with van der Waals surface area (Å²) >= 11 is 0. The number of alkyl halides is 7. The van der Waals surface area contributed by atoms with E-state index in [0.29, 0.717) is 7.11 Å². The summed E-state index contributed by atoms with van der Waals surface area (Å²) in [6.07, 6.45) is -6.53. The minimum absolute atomic E-state index is 0.518. The number of hydrogen-bond acceptors (Lipinski definition) is 3. The van der Waals surface area contributed by atoms with E-state index >= 15 is 0 Å². The van der Waals surface area contributed by atoms with E-state index < -0.39 is 30.0 Å². The van der Waals surface area contributed by atoms with Crippen LogP contribution in [0.5, 0.6) is 0 Å². The van der Waals surface area contributed by atoms with Crippen LogP contribution in [0, 0.1) is 0 Å². The predicted octanol–water partition coefficient (Wildman–Crippen LogP) is 1.32. The molecule has 3 nitrogen and oxygen atoms in total. The molecule has 0 aromatic heterocycles. The third-order valence-electron chi connectivity index (χ3n) is 1.62. The Morgan fingerprint density at radius 1 is 1.12 bits per heavy atom. The number of rotatable bonds is 3. The first-order valence-electron chi connectivity index (χ1n) is 3.55. The van der Waals surface area contributed by atoms with Gasteiger partial charge in [0, 0.05) is 0 Å². The highest BCUT2D eigenvalue weighted by atomic mass is 19.4. The molecule has 2 N–H and O–H groups in total. The zero-order valence-corrected chi connectivity index (χ0v) is 7.62. The van der Waals surface area contributed by atoms with Crippen LogP contribution in [-0.2, 0) is 9.53 Å². The zero-order chi connectivity index (χ0) is 13.4. The summed E-state index contributed by atoms with van der Waals surface area (Å²) < 4.78 is 88.3. The molecule has 0 rings (SSSR count). The highest BCUT2D eigenvalue weighted by Gasteiger charge is 2.76. The van der Waals surface area contributed by atoms with Gasteiger partial charge < -0.3 is 10.5 Å². The Labute approximate surface area is 84.3 Å². The van der Waals surface area contributed by atoms with Crippen molar-refractivity contribution in [3.63, 3.8) is 0 Å². The fourth-order valence-corrected chi connectivity index (χ4v) is 0.659. The predicted molar refractivity (Wildman–Crippen MR) is 35.9 cm³/mol. The van der Waals surface area contributed by atoms with Gasteiger partial charge in [-0.3, -0.25) is 4.79 Å². The van der Waals surface area contributed by atoms with Crippen molar-refractivity contribution in [2.24, 2.45) is 5.73 Å². The second kappa shape index (κ2) is 4.07. The third-order valence-corrected chi connectivity index (χ3v) is 1.62. The van der Waals surface area contributed by atoms with E-state index in [1.54, 1.807) is 0 Å². The minimum atomic E-state index is -6.53. The zero-order valence-electron chi connectivity index (χ0n) is 7.62. The smallest absolute Gasteiger partial charge is 0.459 e. The maximum Gasteiger partial charge on any atom is 0.459 e. The number of methoxy groups -OCH3 is 1. The summed E-state index contributed by atoms with van der Waals surface area (Å²) in [5.41, 5.74) is 4.28. The summed E-state index contributed by atoms with van der Waals surface area (Å²) in [5.74, 6) is -14.3. The van der Waals surface area contributed by atoms with E-state index in [2.05, 4.69) is 10.5 Å². The average Bonchev–Trinajstić information content (AvgIpc) is 2.13. The van der Waals surface area contributed by atoms with E-state index in [4.69, 9.17) is 0 Å². The van der Waals surface area contributed by atoms with Crippen LogP contribution in [-0.4, -0.2) is 37.1 Å². The average molecular weight is 257 g/mol. The van der Waals surface area contributed by atoms with Crippen LogP contribution in [0.15, 0.2) is 0 Å². The Kier molecular flexibility index (Phi) is 3.80. The monoisotopic (exact) mass is 257 g/mol. The topological polar surface area (TPSA) is 52.3 Å². The highest BCUT2D eigenvalue weighted by molar-refractivity contribution is 5.76. The quantitative estimate of drug-likeness (QED) is 0.612. The van der Waals surface area contributed by atoms with Crippen LogP contribution in [0.25, 0.3) is 0 Å². The van der Waals surface area contributed by atoms with Crippen molar-refractivity contribution < 1.29 is 40.3 Å². The molecule has 0 heterocycles. The van der Waals surface area contributed by atoms with Gasteiger partial charge in [-0.15, -0.1) is 0 Å². The normalized spacial score (nSPS) is 15.8. The summed E-state index contributed by atoms with van der Waals surface area (Å²) in [5, 5.41) is 0. The lowest BCUT2D eigenvalue weighted by molar-refractivity contribution is -0.357. The van der Waals surface area contributed by atoms with Gasteiger partial charge in [0.05, 0.1) is 7.11 Å². The summed E-state index contributed by atoms with van der Waals surface area (Å²) in [6, 6.07) is -3.41. The first kappa shape index (κ1) is 14.9. The second-order valence-corrected chi connectivity index (χ2v) is 2.70. The standard InChI is InChI=1S/C6H6F7NO2/c1-16-3(15)2(14)4(7,8)5(9,10)6(11,12)13/h2H,14H2,1H3/t2-/m0/s1. The van der Waals surface area contributed by atoms with E-state index in [1.165, 1.54) is 0 Å². The lowest BCUT2D eigenvalue weighted by Crippen LogP contribution is -2.63. The highest BCUT2D eigenvalue weighted by Crippen LogP contribution is 2.47. The van der Waals surface area contributed by atoms with Crippen LogP contribution in [0.3, 0.4) is 0 Å². The maximum absolute atomic E-state index is 12.6. The molecule has 10 heteroatoms. The maximum atomic E-state index is 12.6. The number of nitrogens with two attached hydrogens (primary N) is 1. The number of esters is 1. The number of hydrogen-bond donors (Lipinski definition) is 1. The van der Waals surface area contributed by atoms with Crippen LogP contribution >= 0.6 is 0 Å². The van der Waals surface area contributed by atoms with Crippen molar-refractivity contribution in [1.29, 1.82) is 0 Å². The first-order valence-corrected chi connectivity index (χ1v) is 3.55. The molecule has 16 heavy (non-hydrogen) atoms. The van der Waals surface area contributed by atoms with Gasteiger partial charge in [0.2, 0.25) is 0 Å². The van der Waals surface area contributed by atoms with E-state index in [1.807, 2.05) is 0 Å². The van der Waals surface area contributed by atoms with Crippen LogP contribution < -0.4 is 5.73 Å². The van der Waals surface area contributed by atoms with Gasteiger partial charge in [-0.1, -0.05) is 0 Å². The molecule has 0 aliphatic carbocycles. The molecule has 0 amide bonds. The minimum Gasteiger partial charge on any atom is -0.468 e. The molecule has 0 saturated heterocycles. The molecule has 0 unspecified atom stereocenters. The fraction of sp³-hybridized carbons (Fsp3) is 0.833. The Balaban J connectivity index is 5.27. The third kappa shape index (κ3) is 2.20. The molecule has 0 fully saturated rings. The van der Waals surface area contributed by atoms with Crippen molar-refractivity contribution in [3.8, 4) is 0 Å². The van der Waals surface area contributed by atoms with Gasteiger partial charge in [0.1, 0.15) is 0 Å². The van der Waals surface area contributed by atoms with Gasteiger partial charge in [-0.2, -0.15) is 30.7 Å². The molecule has 0 aliphatic rings. The Morgan fingerprint density at radius 2 is 1.50 bits per heavy atom. The summed E-state index contributed by atoms with van der Waals surface area (Å²) in [7, 11) is 0.518. The van der Waals surface area contributed by atoms with Gasteiger partial charge in [-0.25, -0.2) is 0 Å². The molecular weight excluding hydrogens is 251 g/mol. The van der Waals surface area contributed by atoms with E-state index in [0.717, 1.165) is 0 Å². The lowest BCUT2D eigenvalue weighted by Gasteiger charge is -2.30. The molecule has 0 aromatic carbocycles. The van der Waals surface area contributed by atoms with Gasteiger partial charge >= 0.3 is 24.0 Å². The first-order chi connectivity index (χ1) is 6.89. The van der Waals surface area contributed by atoms with Gasteiger partial charge in [-0.05, 0) is 0 Å². The summed E-state index contributed by atoms with van der Waals surface area (Å²) in [6.45, 7) is 0. The lowest BCUT2D eigenvalue weighted by atomic mass is 10.0. The van der Waals surface area contributed by atoms with Crippen molar-refractivity contribution in [3.05, 3.63) is 0 Å². The Hall–Kier alpha value is -1.06. The number of carbonyl (C=O) groups excluding carboxylic acids is 1. The van der Waals surface area contributed by atoms with E-state index in [9.17, 15) is 35.5 Å². The van der Waals surface area contributed by atoms with Crippen LogP contribution in [0.2, 0.25) is 0 Å². The molecule has 0 bridgehead atoms. The fourth-order valence-electron chi connectivity index (χ4n) is 0.659. The molecule has 0 radical (unpaired) electrons. The van der Waals surface area contributed by atoms with Crippen molar-refractivity contribution >= 4 is 5.97 Å². The largest absolute Gasteiger partial charge is 0.468 e. The van der Waals surface area contributed by atoms with Crippen molar-refractivity contribution in [2.75, 3.05) is 7.11 Å². The van der Waals surface area contributed by atoms with Crippen LogP contribution in [0.4, 0.5) is 30.7 Å². The molecule has 0 aliphatic heterocycles. The summed E-state index contributed by atoms with van der Waals surface area (Å²) in [4.78, 5) is 10.4. The number of carbonyl (C=O) groups is 1. The number of ether oxygens (including phenoxy) is 1. The van der Waals surface area contributed by atoms with E-state index in [-0.39, 0.29) is 0 Å². The van der Waals surface area contributed by atoms with Crippen molar-refractivity contribution in [2.45, 2.75) is 24.1 Å². The van der Waals surface area contributed by atoms with Crippen LogP contribution in [0.1, 0.15) is 0 Å². The Bertz CT molecular complexity index is 275. The molecule has 0 saturated carbocycles. The molecule has 0 aromatic rings. The Morgan fingerprint density at radius 3 is 1.75 bits per heavy atom. The van der Waals surface area contributed by atoms with Gasteiger partial charge in [0.25, 0.3) is 0 Å². The molecule has 0 spiro atoms. The molecular formula is C6H6F7NO2. The number of halogens is 7. The molecule has 96 valence electrons. The SMILES string of the molecule is COC(=O)[C@H](N)C(F)(F)C(F)(F)C(F)(F)F. The van der Waals surface area contributed by atoms with Gasteiger partial charge in [0.15, 0.2) is 6.04 Å². The van der Waals surface area contributed by atoms with Crippen molar-refractivity contribution in [1.82, 2.24) is 0 Å². The molecule has 1 atom stereocenters. The second-order valence-electron chi connectivity index (χ2n) is 2.70.